The molecule has 31 heavy (non-hydrogen) atoms. The number of aromatic nitrogens is 5. The second-order valence-electron chi connectivity index (χ2n) is 6.51. The zero-order chi connectivity index (χ0) is 21.8. The molecule has 1 N–H and O–H groups in total. The van der Waals surface area contributed by atoms with Gasteiger partial charge in [-0.3, -0.25) is 4.79 Å². The summed E-state index contributed by atoms with van der Waals surface area (Å²) in [6.07, 6.45) is 3.34. The molecule has 0 saturated carbocycles. The number of nitrogens with zero attached hydrogens (tertiary/aromatic N) is 5. The van der Waals surface area contributed by atoms with Gasteiger partial charge in [-0.1, -0.05) is 56.6 Å². The monoisotopic (exact) mass is 514 g/mol. The number of halogens is 2. The number of rotatable bonds is 6. The quantitative estimate of drug-likeness (QED) is 0.276. The van der Waals surface area contributed by atoms with Gasteiger partial charge in [0.05, 0.1) is 11.4 Å². The second kappa shape index (κ2) is 9.59. The highest BCUT2D eigenvalue weighted by atomic mass is 79.9. The van der Waals surface area contributed by atoms with Gasteiger partial charge in [-0.05, 0) is 48.9 Å². The Balaban J connectivity index is 1.69. The van der Waals surface area contributed by atoms with Gasteiger partial charge in [-0.2, -0.15) is 0 Å². The molecule has 4 rings (SSSR count). The fourth-order valence-corrected chi connectivity index (χ4v) is 4.15. The van der Waals surface area contributed by atoms with E-state index in [-0.39, 0.29) is 11.6 Å². The number of thioether (sulfide) groups is 1. The number of aryl methyl sites for hydroxylation is 1. The molecule has 10 heteroatoms. The lowest BCUT2D eigenvalue weighted by Gasteiger charge is -2.09. The van der Waals surface area contributed by atoms with E-state index in [4.69, 9.17) is 11.6 Å². The zero-order valence-corrected chi connectivity index (χ0v) is 19.4. The molecule has 0 radical (unpaired) electrons. The molecule has 156 valence electrons. The van der Waals surface area contributed by atoms with E-state index in [2.05, 4.69) is 41.5 Å². The summed E-state index contributed by atoms with van der Waals surface area (Å²) in [7, 11) is 0. The molecule has 1 amide bonds. The first-order chi connectivity index (χ1) is 15.0. The molecule has 2 heterocycles. The van der Waals surface area contributed by atoms with E-state index < -0.39 is 0 Å². The number of anilines is 1. The molecule has 0 bridgehead atoms. The number of carbonyl (C=O) groups excluding carboxylic acids is 1. The molecule has 2 aromatic carbocycles. The van der Waals surface area contributed by atoms with Crippen molar-refractivity contribution in [3.05, 3.63) is 87.4 Å². The molecule has 0 fully saturated rings. The molecule has 0 unspecified atom stereocenters. The van der Waals surface area contributed by atoms with Gasteiger partial charge in [-0.15, -0.1) is 5.10 Å². The average molecular weight is 516 g/mol. The number of amides is 1. The van der Waals surface area contributed by atoms with Gasteiger partial charge in [0, 0.05) is 33.3 Å². The van der Waals surface area contributed by atoms with Crippen LogP contribution in [0, 0.1) is 6.92 Å². The maximum Gasteiger partial charge on any atom is 0.278 e. The van der Waals surface area contributed by atoms with Crippen LogP contribution < -0.4 is 5.32 Å². The lowest BCUT2D eigenvalue weighted by Crippen LogP contribution is -2.15. The van der Waals surface area contributed by atoms with Crippen LogP contribution in [0.3, 0.4) is 0 Å². The van der Waals surface area contributed by atoms with Crippen LogP contribution in [0.2, 0.25) is 5.02 Å². The second-order valence-corrected chi connectivity index (χ2v) is 8.78. The van der Waals surface area contributed by atoms with Gasteiger partial charge in [0.15, 0.2) is 10.9 Å². The lowest BCUT2D eigenvalue weighted by molar-refractivity contribution is 0.102. The first kappa shape index (κ1) is 21.5. The van der Waals surface area contributed by atoms with Crippen molar-refractivity contribution >= 4 is 50.9 Å². The molecule has 0 aliphatic rings. The Morgan fingerprint density at radius 2 is 1.97 bits per heavy atom. The minimum atomic E-state index is -0.355. The van der Waals surface area contributed by atoms with Crippen LogP contribution in [0.25, 0.3) is 5.69 Å². The van der Waals surface area contributed by atoms with Gasteiger partial charge in [0.2, 0.25) is 0 Å². The number of benzene rings is 2. The van der Waals surface area contributed by atoms with Crippen LogP contribution in [0.4, 0.5) is 5.69 Å². The third-order valence-corrected chi connectivity index (χ3v) is 6.13. The van der Waals surface area contributed by atoms with Gasteiger partial charge < -0.3 is 5.32 Å². The summed E-state index contributed by atoms with van der Waals surface area (Å²) in [4.78, 5) is 21.5. The van der Waals surface area contributed by atoms with Crippen molar-refractivity contribution < 1.29 is 4.79 Å². The van der Waals surface area contributed by atoms with Crippen molar-refractivity contribution in [1.82, 2.24) is 25.0 Å². The first-order valence-electron chi connectivity index (χ1n) is 9.19. The van der Waals surface area contributed by atoms with Crippen LogP contribution in [0.5, 0.6) is 0 Å². The topological polar surface area (TPSA) is 85.6 Å². The van der Waals surface area contributed by atoms with Crippen molar-refractivity contribution in [2.45, 2.75) is 17.8 Å². The van der Waals surface area contributed by atoms with Crippen molar-refractivity contribution in [3.63, 3.8) is 0 Å². The fraction of sp³-hybridized carbons (Fsp3) is 0.0952. The highest BCUT2D eigenvalue weighted by Gasteiger charge is 2.22. The minimum Gasteiger partial charge on any atom is -0.320 e. The maximum absolute atomic E-state index is 13.0. The standard InChI is InChI=1S/C21H16BrClN6OS/c1-13-6-7-16(11-17(13)23)29-18(12-31-21-24-8-3-9-25-21)19(27-28-29)20(30)26-15-5-2-4-14(22)10-15/h2-11H,12H2,1H3,(H,26,30). The van der Waals surface area contributed by atoms with Crippen LogP contribution >= 0.6 is 39.3 Å². The van der Waals surface area contributed by atoms with E-state index in [1.165, 1.54) is 11.8 Å². The van der Waals surface area contributed by atoms with Crippen molar-refractivity contribution in [1.29, 1.82) is 0 Å². The molecular formula is C21H16BrClN6OS. The highest BCUT2D eigenvalue weighted by Crippen LogP contribution is 2.26. The largest absolute Gasteiger partial charge is 0.320 e. The number of hydrogen-bond donors (Lipinski definition) is 1. The number of carbonyl (C=O) groups is 1. The Morgan fingerprint density at radius 1 is 1.16 bits per heavy atom. The minimum absolute atomic E-state index is 0.222. The average Bonchev–Trinajstić information content (AvgIpc) is 3.19. The summed E-state index contributed by atoms with van der Waals surface area (Å²) in [5, 5.41) is 12.5. The van der Waals surface area contributed by atoms with E-state index in [1.54, 1.807) is 35.3 Å². The van der Waals surface area contributed by atoms with E-state index in [0.29, 0.717) is 33.0 Å². The van der Waals surface area contributed by atoms with Crippen molar-refractivity contribution in [2.75, 3.05) is 5.32 Å². The van der Waals surface area contributed by atoms with Gasteiger partial charge in [0.1, 0.15) is 0 Å². The van der Waals surface area contributed by atoms with Crippen LogP contribution in [0.1, 0.15) is 21.7 Å². The van der Waals surface area contributed by atoms with E-state index in [0.717, 1.165) is 10.0 Å². The number of hydrogen-bond acceptors (Lipinski definition) is 6. The lowest BCUT2D eigenvalue weighted by atomic mass is 10.2. The molecule has 0 spiro atoms. The van der Waals surface area contributed by atoms with Gasteiger partial charge in [0.25, 0.3) is 5.91 Å². The van der Waals surface area contributed by atoms with Gasteiger partial charge in [-0.25, -0.2) is 14.6 Å². The molecule has 0 aliphatic heterocycles. The Hall–Kier alpha value is -2.75. The smallest absolute Gasteiger partial charge is 0.278 e. The molecule has 0 aliphatic carbocycles. The third kappa shape index (κ3) is 5.12. The normalized spacial score (nSPS) is 10.8. The van der Waals surface area contributed by atoms with Crippen LogP contribution in [0.15, 0.2) is 70.6 Å². The summed E-state index contributed by atoms with van der Waals surface area (Å²) >= 11 is 11.1. The molecule has 4 aromatic rings. The molecule has 0 atom stereocenters. The SMILES string of the molecule is Cc1ccc(-n2nnc(C(=O)Nc3cccc(Br)c3)c2CSc2ncccn2)cc1Cl. The molecule has 2 aromatic heterocycles. The summed E-state index contributed by atoms with van der Waals surface area (Å²) < 4.78 is 2.48. The Kier molecular flexibility index (Phi) is 6.64. The highest BCUT2D eigenvalue weighted by molar-refractivity contribution is 9.10. The van der Waals surface area contributed by atoms with E-state index in [9.17, 15) is 4.79 Å². The van der Waals surface area contributed by atoms with E-state index >= 15 is 0 Å². The molecule has 7 nitrogen and oxygen atoms in total. The predicted molar refractivity (Wildman–Crippen MR) is 125 cm³/mol. The molecule has 0 saturated heterocycles. The number of nitrogens with one attached hydrogen (secondary N) is 1. The molecular weight excluding hydrogens is 500 g/mol. The van der Waals surface area contributed by atoms with Crippen LogP contribution in [-0.4, -0.2) is 30.9 Å². The van der Waals surface area contributed by atoms with Crippen molar-refractivity contribution in [2.24, 2.45) is 0 Å². The summed E-state index contributed by atoms with van der Waals surface area (Å²) in [5.74, 6) is 0.0381. The summed E-state index contributed by atoms with van der Waals surface area (Å²) in [6.45, 7) is 1.92. The Morgan fingerprint density at radius 3 is 2.71 bits per heavy atom. The predicted octanol–water partition coefficient (Wildman–Crippen LogP) is 5.33. The maximum atomic E-state index is 13.0. The first-order valence-corrected chi connectivity index (χ1v) is 11.3. The van der Waals surface area contributed by atoms with Crippen LogP contribution in [-0.2, 0) is 5.75 Å². The Bertz CT molecular complexity index is 1230. The third-order valence-electron chi connectivity index (χ3n) is 4.34. The fourth-order valence-electron chi connectivity index (χ4n) is 2.78. The van der Waals surface area contributed by atoms with Gasteiger partial charge >= 0.3 is 0 Å². The van der Waals surface area contributed by atoms with Crippen molar-refractivity contribution in [3.8, 4) is 5.69 Å². The van der Waals surface area contributed by atoms with E-state index in [1.807, 2.05) is 37.3 Å². The zero-order valence-electron chi connectivity index (χ0n) is 16.3. The Labute approximate surface area is 196 Å². The summed E-state index contributed by atoms with van der Waals surface area (Å²) in [5.41, 5.74) is 3.16. The summed E-state index contributed by atoms with van der Waals surface area (Å²) in [6, 6.07) is 14.7.